The molecule has 0 bridgehead atoms. The van der Waals surface area contributed by atoms with Gasteiger partial charge in [-0.2, -0.15) is 0 Å². The third-order valence-corrected chi connectivity index (χ3v) is 4.28. The van der Waals surface area contributed by atoms with Crippen LogP contribution in [0.15, 0.2) is 36.8 Å². The highest BCUT2D eigenvalue weighted by Gasteiger charge is 2.23. The van der Waals surface area contributed by atoms with Gasteiger partial charge in [-0.3, -0.25) is 14.8 Å². The predicted molar refractivity (Wildman–Crippen MR) is 92.3 cm³/mol. The van der Waals surface area contributed by atoms with Crippen molar-refractivity contribution in [3.05, 3.63) is 59.2 Å². The van der Waals surface area contributed by atoms with Crippen LogP contribution in [0.25, 0.3) is 0 Å². The molecule has 2 heterocycles. The molecule has 0 radical (unpaired) electrons. The molecule has 4 nitrogen and oxygen atoms in total. The lowest BCUT2D eigenvalue weighted by Gasteiger charge is -2.28. The first-order chi connectivity index (χ1) is 11.0. The van der Waals surface area contributed by atoms with Crippen LogP contribution in [0.3, 0.4) is 0 Å². The maximum atomic E-state index is 12.9. The van der Waals surface area contributed by atoms with Crippen LogP contribution in [0.2, 0.25) is 0 Å². The van der Waals surface area contributed by atoms with Gasteiger partial charge >= 0.3 is 0 Å². The normalized spacial score (nSPS) is 12.0. The molecule has 0 saturated heterocycles. The van der Waals surface area contributed by atoms with Gasteiger partial charge in [0.05, 0.1) is 11.6 Å². The number of aromatic nitrogens is 2. The number of hydrogen-bond acceptors (Lipinski definition) is 3. The molecule has 2 aromatic rings. The molecule has 1 amide bonds. The number of pyridine rings is 2. The zero-order valence-corrected chi connectivity index (χ0v) is 14.4. The monoisotopic (exact) mass is 311 g/mol. The number of carbonyl (C=O) groups excluding carboxylic acids is 1. The van der Waals surface area contributed by atoms with E-state index in [1.165, 1.54) is 0 Å². The fraction of sp³-hybridized carbons (Fsp3) is 0.421. The lowest BCUT2D eigenvalue weighted by molar-refractivity contribution is 0.0719. The number of amides is 1. The van der Waals surface area contributed by atoms with Crippen LogP contribution < -0.4 is 0 Å². The largest absolute Gasteiger partial charge is 0.335 e. The van der Waals surface area contributed by atoms with Crippen molar-refractivity contribution in [1.82, 2.24) is 14.9 Å². The highest BCUT2D eigenvalue weighted by atomic mass is 16.2. The SMILES string of the molecule is CCCCC(c1cccnc1)N(C)C(=O)c1cnc(C)c(C)c1. The number of rotatable bonds is 6. The van der Waals surface area contributed by atoms with Crippen molar-refractivity contribution in [2.45, 2.75) is 46.1 Å². The van der Waals surface area contributed by atoms with Gasteiger partial charge in [-0.1, -0.05) is 25.8 Å². The first-order valence-corrected chi connectivity index (χ1v) is 8.15. The molecule has 0 aliphatic heterocycles. The molecule has 0 N–H and O–H groups in total. The minimum atomic E-state index is 0.00514. The Morgan fingerprint density at radius 1 is 1.30 bits per heavy atom. The molecule has 1 unspecified atom stereocenters. The molecule has 0 aliphatic rings. The summed E-state index contributed by atoms with van der Waals surface area (Å²) in [5.74, 6) is 0.00514. The van der Waals surface area contributed by atoms with Crippen molar-refractivity contribution in [2.75, 3.05) is 7.05 Å². The van der Waals surface area contributed by atoms with Gasteiger partial charge < -0.3 is 4.90 Å². The van der Waals surface area contributed by atoms with Gasteiger partial charge in [0, 0.05) is 31.3 Å². The molecule has 2 rings (SSSR count). The predicted octanol–water partition coefficient (Wildman–Crippen LogP) is 4.10. The summed E-state index contributed by atoms with van der Waals surface area (Å²) in [6.07, 6.45) is 8.38. The third kappa shape index (κ3) is 4.15. The second kappa shape index (κ2) is 7.86. The second-order valence-electron chi connectivity index (χ2n) is 5.99. The van der Waals surface area contributed by atoms with E-state index in [9.17, 15) is 4.79 Å². The average molecular weight is 311 g/mol. The summed E-state index contributed by atoms with van der Waals surface area (Å²) in [6, 6.07) is 5.92. The van der Waals surface area contributed by atoms with Crippen LogP contribution in [0.5, 0.6) is 0 Å². The van der Waals surface area contributed by atoms with Crippen molar-refractivity contribution in [3.63, 3.8) is 0 Å². The van der Waals surface area contributed by atoms with E-state index in [-0.39, 0.29) is 11.9 Å². The van der Waals surface area contributed by atoms with E-state index >= 15 is 0 Å². The smallest absolute Gasteiger partial charge is 0.255 e. The fourth-order valence-electron chi connectivity index (χ4n) is 2.66. The Labute approximate surface area is 138 Å². The maximum Gasteiger partial charge on any atom is 0.255 e. The summed E-state index contributed by atoms with van der Waals surface area (Å²) in [5, 5.41) is 0. The molecule has 0 saturated carbocycles. The molecular formula is C19H25N3O. The molecule has 0 aliphatic carbocycles. The summed E-state index contributed by atoms with van der Waals surface area (Å²) >= 11 is 0. The Hall–Kier alpha value is -2.23. The Balaban J connectivity index is 2.26. The summed E-state index contributed by atoms with van der Waals surface area (Å²) in [5.41, 5.74) is 3.71. The van der Waals surface area contributed by atoms with Crippen LogP contribution in [0.1, 0.15) is 59.4 Å². The first kappa shape index (κ1) is 17.1. The van der Waals surface area contributed by atoms with Gasteiger partial charge in [0.2, 0.25) is 0 Å². The number of hydrogen-bond donors (Lipinski definition) is 0. The van der Waals surface area contributed by atoms with Crippen molar-refractivity contribution in [1.29, 1.82) is 0 Å². The Morgan fingerprint density at radius 2 is 2.09 bits per heavy atom. The van der Waals surface area contributed by atoms with Gasteiger partial charge in [0.25, 0.3) is 5.91 Å². The van der Waals surface area contributed by atoms with Gasteiger partial charge in [-0.25, -0.2) is 0 Å². The minimum Gasteiger partial charge on any atom is -0.335 e. The molecule has 0 fully saturated rings. The van der Waals surface area contributed by atoms with Gasteiger partial charge in [-0.15, -0.1) is 0 Å². The summed E-state index contributed by atoms with van der Waals surface area (Å²) in [4.78, 5) is 23.2. The van der Waals surface area contributed by atoms with Crippen LogP contribution in [0, 0.1) is 13.8 Å². The summed E-state index contributed by atoms with van der Waals surface area (Å²) in [7, 11) is 1.87. The van der Waals surface area contributed by atoms with Crippen molar-refractivity contribution in [2.24, 2.45) is 0 Å². The van der Waals surface area contributed by atoms with Crippen molar-refractivity contribution < 1.29 is 4.79 Å². The molecule has 2 aromatic heterocycles. The van der Waals surface area contributed by atoms with Crippen LogP contribution in [-0.2, 0) is 0 Å². The Morgan fingerprint density at radius 3 is 2.70 bits per heavy atom. The first-order valence-electron chi connectivity index (χ1n) is 8.15. The summed E-state index contributed by atoms with van der Waals surface area (Å²) < 4.78 is 0. The van der Waals surface area contributed by atoms with Gasteiger partial charge in [0.1, 0.15) is 0 Å². The van der Waals surface area contributed by atoms with Crippen LogP contribution >= 0.6 is 0 Å². The van der Waals surface area contributed by atoms with E-state index in [4.69, 9.17) is 0 Å². The maximum absolute atomic E-state index is 12.9. The number of carbonyl (C=O) groups is 1. The zero-order chi connectivity index (χ0) is 16.8. The highest BCUT2D eigenvalue weighted by molar-refractivity contribution is 5.94. The van der Waals surface area contributed by atoms with Crippen LogP contribution in [-0.4, -0.2) is 27.8 Å². The molecule has 1 atom stereocenters. The van der Waals surface area contributed by atoms with E-state index in [1.807, 2.05) is 50.2 Å². The quantitative estimate of drug-likeness (QED) is 0.807. The molecular weight excluding hydrogens is 286 g/mol. The second-order valence-corrected chi connectivity index (χ2v) is 5.99. The number of nitrogens with zero attached hydrogens (tertiary/aromatic N) is 3. The van der Waals surface area contributed by atoms with Crippen molar-refractivity contribution in [3.8, 4) is 0 Å². The lowest BCUT2D eigenvalue weighted by atomic mass is 10.0. The molecule has 122 valence electrons. The molecule has 0 spiro atoms. The molecule has 23 heavy (non-hydrogen) atoms. The number of aryl methyl sites for hydroxylation is 2. The molecule has 0 aromatic carbocycles. The zero-order valence-electron chi connectivity index (χ0n) is 14.4. The van der Waals surface area contributed by atoms with E-state index in [2.05, 4.69) is 16.9 Å². The van der Waals surface area contributed by atoms with Crippen LogP contribution in [0.4, 0.5) is 0 Å². The van der Waals surface area contributed by atoms with Gasteiger partial charge in [0.15, 0.2) is 0 Å². The Bertz CT molecular complexity index is 655. The highest BCUT2D eigenvalue weighted by Crippen LogP contribution is 2.26. The van der Waals surface area contributed by atoms with E-state index in [0.717, 1.165) is 36.1 Å². The van der Waals surface area contributed by atoms with E-state index in [0.29, 0.717) is 5.56 Å². The van der Waals surface area contributed by atoms with E-state index in [1.54, 1.807) is 12.4 Å². The average Bonchev–Trinajstić information content (AvgIpc) is 2.58. The van der Waals surface area contributed by atoms with Gasteiger partial charge in [-0.05, 0) is 43.5 Å². The van der Waals surface area contributed by atoms with Crippen molar-refractivity contribution >= 4 is 5.91 Å². The Kier molecular flexibility index (Phi) is 5.85. The minimum absolute atomic E-state index is 0.00514. The van der Waals surface area contributed by atoms with E-state index < -0.39 is 0 Å². The fourth-order valence-corrected chi connectivity index (χ4v) is 2.66. The third-order valence-electron chi connectivity index (χ3n) is 4.28. The summed E-state index contributed by atoms with van der Waals surface area (Å²) in [6.45, 7) is 6.09. The topological polar surface area (TPSA) is 46.1 Å². The molecule has 4 heteroatoms. The lowest BCUT2D eigenvalue weighted by Crippen LogP contribution is -2.31. The standard InChI is InChI=1S/C19H25N3O/c1-5-6-9-18(16-8-7-10-20-12-16)22(4)19(23)17-11-14(2)15(3)21-13-17/h7-8,10-13,18H,5-6,9H2,1-4H3. The number of unbranched alkanes of at least 4 members (excludes halogenated alkanes) is 1.